The molecule has 5 nitrogen and oxygen atoms in total. The van der Waals surface area contributed by atoms with Crippen molar-refractivity contribution in [3.05, 3.63) is 182 Å². The van der Waals surface area contributed by atoms with Crippen molar-refractivity contribution in [3.8, 4) is 51.0 Å². The van der Waals surface area contributed by atoms with Crippen molar-refractivity contribution in [1.82, 2.24) is 19.5 Å². The van der Waals surface area contributed by atoms with Gasteiger partial charge in [-0.2, -0.15) is 0 Å². The highest BCUT2D eigenvalue weighted by Gasteiger charge is 2.19. The van der Waals surface area contributed by atoms with Crippen LogP contribution in [0.5, 0.6) is 0 Å². The van der Waals surface area contributed by atoms with Crippen LogP contribution in [-0.2, 0) is 0 Å². The second-order valence-electron chi connectivity index (χ2n) is 13.6. The molecule has 0 aliphatic carbocycles. The third-order valence-corrected chi connectivity index (χ3v) is 10.5. The number of furan rings is 1. The van der Waals surface area contributed by atoms with Crippen molar-refractivity contribution in [2.45, 2.75) is 0 Å². The van der Waals surface area contributed by atoms with Gasteiger partial charge in [0.25, 0.3) is 0 Å². The third kappa shape index (κ3) is 4.83. The lowest BCUT2D eigenvalue weighted by Crippen LogP contribution is -2.01. The Balaban J connectivity index is 1.10. The molecule has 0 spiro atoms. The first-order valence-electron chi connectivity index (χ1n) is 18.1. The van der Waals surface area contributed by atoms with Crippen LogP contribution < -0.4 is 0 Å². The molecule has 0 amide bonds. The second kappa shape index (κ2) is 12.1. The number of aromatic nitrogens is 4. The molecule has 252 valence electrons. The molecule has 0 bridgehead atoms. The molecule has 0 unspecified atom stereocenters. The predicted octanol–water partition coefficient (Wildman–Crippen LogP) is 12.7. The molecular weight excluding hydrogens is 661 g/mol. The van der Waals surface area contributed by atoms with Crippen molar-refractivity contribution >= 4 is 54.5 Å². The van der Waals surface area contributed by atoms with E-state index in [1.807, 2.05) is 72.8 Å². The molecule has 11 aromatic rings. The molecule has 0 saturated heterocycles. The van der Waals surface area contributed by atoms with Gasteiger partial charge < -0.3 is 8.98 Å². The van der Waals surface area contributed by atoms with E-state index in [1.54, 1.807) is 0 Å². The largest absolute Gasteiger partial charge is 0.456 e. The maximum Gasteiger partial charge on any atom is 0.164 e. The summed E-state index contributed by atoms with van der Waals surface area (Å²) in [7, 11) is 0. The highest BCUT2D eigenvalue weighted by molar-refractivity contribution is 6.13. The Hall–Kier alpha value is -7.37. The number of nitrogens with zero attached hydrogens (tertiary/aromatic N) is 4. The van der Waals surface area contributed by atoms with Crippen molar-refractivity contribution in [2.24, 2.45) is 0 Å². The number of hydrogen-bond donors (Lipinski definition) is 0. The summed E-state index contributed by atoms with van der Waals surface area (Å²) in [5, 5.41) is 6.85. The van der Waals surface area contributed by atoms with Gasteiger partial charge in [-0.3, -0.25) is 0 Å². The molecule has 5 heteroatoms. The maximum absolute atomic E-state index is 6.13. The number of hydrogen-bond acceptors (Lipinski definition) is 4. The lowest BCUT2D eigenvalue weighted by Gasteiger charge is -2.15. The number of para-hydroxylation sites is 2. The minimum Gasteiger partial charge on any atom is -0.456 e. The molecular formula is C49H30N4O. The van der Waals surface area contributed by atoms with Gasteiger partial charge in [0, 0.05) is 43.6 Å². The molecule has 11 rings (SSSR count). The van der Waals surface area contributed by atoms with Crippen molar-refractivity contribution < 1.29 is 4.42 Å². The fraction of sp³-hybridized carbons (Fsp3) is 0. The summed E-state index contributed by atoms with van der Waals surface area (Å²) in [5.41, 5.74) is 10.4. The van der Waals surface area contributed by atoms with Gasteiger partial charge in [0.15, 0.2) is 17.5 Å². The number of fused-ring (bicyclic) bond motifs is 7. The van der Waals surface area contributed by atoms with Crippen molar-refractivity contribution in [3.63, 3.8) is 0 Å². The maximum atomic E-state index is 6.13. The third-order valence-electron chi connectivity index (χ3n) is 10.5. The first-order chi connectivity index (χ1) is 26.8. The zero-order chi connectivity index (χ0) is 35.6. The van der Waals surface area contributed by atoms with E-state index in [4.69, 9.17) is 19.4 Å². The van der Waals surface area contributed by atoms with Crippen LogP contribution in [0.3, 0.4) is 0 Å². The molecule has 3 heterocycles. The van der Waals surface area contributed by atoms with E-state index in [1.165, 1.54) is 10.8 Å². The Kier molecular flexibility index (Phi) is 6.79. The Labute approximate surface area is 310 Å². The summed E-state index contributed by atoms with van der Waals surface area (Å²) < 4.78 is 8.53. The minimum atomic E-state index is 0.639. The molecule has 0 N–H and O–H groups in total. The highest BCUT2D eigenvalue weighted by atomic mass is 16.3. The van der Waals surface area contributed by atoms with E-state index in [2.05, 4.69) is 114 Å². The van der Waals surface area contributed by atoms with Gasteiger partial charge in [0.1, 0.15) is 11.2 Å². The Morgan fingerprint density at radius 1 is 0.333 bits per heavy atom. The minimum absolute atomic E-state index is 0.639. The van der Waals surface area contributed by atoms with Crippen LogP contribution in [0.15, 0.2) is 186 Å². The molecule has 0 atom stereocenters. The van der Waals surface area contributed by atoms with Gasteiger partial charge in [-0.15, -0.1) is 0 Å². The molecule has 0 saturated carbocycles. The average molecular weight is 691 g/mol. The van der Waals surface area contributed by atoms with Gasteiger partial charge in [0.05, 0.1) is 16.7 Å². The van der Waals surface area contributed by atoms with Crippen molar-refractivity contribution in [1.29, 1.82) is 0 Å². The smallest absolute Gasteiger partial charge is 0.164 e. The SMILES string of the molecule is c1ccc(-c2nc(-c3ccccc3)nc(-c3ccc(-n4c5ccccc5c5cc(-c6ccc7oc8ccccc8c7c6)ccc54)c4ccccc34)n2)cc1. The van der Waals surface area contributed by atoms with Crippen LogP contribution in [0.1, 0.15) is 0 Å². The van der Waals surface area contributed by atoms with Crippen LogP contribution in [0, 0.1) is 0 Å². The van der Waals surface area contributed by atoms with Gasteiger partial charge in [-0.25, -0.2) is 15.0 Å². The van der Waals surface area contributed by atoms with E-state index in [9.17, 15) is 0 Å². The first-order valence-corrected chi connectivity index (χ1v) is 18.1. The van der Waals surface area contributed by atoms with Gasteiger partial charge in [0.2, 0.25) is 0 Å². The lowest BCUT2D eigenvalue weighted by atomic mass is 10.0. The van der Waals surface area contributed by atoms with E-state index in [0.29, 0.717) is 17.5 Å². The number of rotatable bonds is 5. The fourth-order valence-electron chi connectivity index (χ4n) is 7.92. The summed E-state index contributed by atoms with van der Waals surface area (Å²) in [6.45, 7) is 0. The van der Waals surface area contributed by atoms with Crippen LogP contribution in [0.4, 0.5) is 0 Å². The summed E-state index contributed by atoms with van der Waals surface area (Å²) >= 11 is 0. The second-order valence-corrected chi connectivity index (χ2v) is 13.6. The molecule has 3 aromatic heterocycles. The number of benzene rings is 8. The topological polar surface area (TPSA) is 56.7 Å². The quantitative estimate of drug-likeness (QED) is 0.180. The van der Waals surface area contributed by atoms with E-state index < -0.39 is 0 Å². The molecule has 0 radical (unpaired) electrons. The molecule has 0 aliphatic heterocycles. The Morgan fingerprint density at radius 2 is 0.870 bits per heavy atom. The standard InChI is InChI=1S/C49H30N4O/c1-3-13-31(14-4-1)47-50-48(32-15-5-2-6-16-32)52-49(51-47)39-25-27-43(36-18-8-7-17-35(36)39)53-42-21-11-9-19-37(42)40-29-33(23-26-44(40)53)34-24-28-46-41(30-34)38-20-10-12-22-45(38)54-46/h1-30H. The Bertz CT molecular complexity index is 3160. The highest BCUT2D eigenvalue weighted by Crippen LogP contribution is 2.40. The lowest BCUT2D eigenvalue weighted by molar-refractivity contribution is 0.669. The summed E-state index contributed by atoms with van der Waals surface area (Å²) in [5.74, 6) is 1.93. The average Bonchev–Trinajstić information content (AvgIpc) is 3.79. The summed E-state index contributed by atoms with van der Waals surface area (Å²) in [4.78, 5) is 15.1. The normalized spacial score (nSPS) is 11.7. The van der Waals surface area contributed by atoms with E-state index >= 15 is 0 Å². The summed E-state index contributed by atoms with van der Waals surface area (Å²) in [6.07, 6.45) is 0. The monoisotopic (exact) mass is 690 g/mol. The van der Waals surface area contributed by atoms with Gasteiger partial charge >= 0.3 is 0 Å². The zero-order valence-electron chi connectivity index (χ0n) is 29.0. The zero-order valence-corrected chi connectivity index (χ0v) is 29.0. The predicted molar refractivity (Wildman–Crippen MR) is 221 cm³/mol. The molecule has 0 aliphatic rings. The van der Waals surface area contributed by atoms with Crippen LogP contribution in [0.2, 0.25) is 0 Å². The van der Waals surface area contributed by atoms with Gasteiger partial charge in [-0.1, -0.05) is 133 Å². The first kappa shape index (κ1) is 30.3. The van der Waals surface area contributed by atoms with Crippen LogP contribution in [-0.4, -0.2) is 19.5 Å². The van der Waals surface area contributed by atoms with E-state index in [0.717, 1.165) is 77.2 Å². The summed E-state index contributed by atoms with van der Waals surface area (Å²) in [6, 6.07) is 63.4. The van der Waals surface area contributed by atoms with Gasteiger partial charge in [-0.05, 0) is 65.0 Å². The van der Waals surface area contributed by atoms with Crippen LogP contribution in [0.25, 0.3) is 105 Å². The fourth-order valence-corrected chi connectivity index (χ4v) is 7.92. The van der Waals surface area contributed by atoms with E-state index in [-0.39, 0.29) is 0 Å². The Morgan fingerprint density at radius 3 is 1.61 bits per heavy atom. The molecule has 0 fully saturated rings. The molecule has 8 aromatic carbocycles. The van der Waals surface area contributed by atoms with Crippen molar-refractivity contribution in [2.75, 3.05) is 0 Å². The van der Waals surface area contributed by atoms with Crippen LogP contribution >= 0.6 is 0 Å². The molecule has 54 heavy (non-hydrogen) atoms.